The first-order chi connectivity index (χ1) is 11.8. The lowest BCUT2D eigenvalue weighted by atomic mass is 10.0. The van der Waals surface area contributed by atoms with Crippen LogP contribution in [0.5, 0.6) is 0 Å². The smallest absolute Gasteiger partial charge is 0.151 e. The van der Waals surface area contributed by atoms with E-state index >= 15 is 0 Å². The lowest BCUT2D eigenvalue weighted by Gasteiger charge is -2.29. The van der Waals surface area contributed by atoms with E-state index in [0.29, 0.717) is 6.04 Å². The summed E-state index contributed by atoms with van der Waals surface area (Å²) < 4.78 is 6.28. The Hall–Kier alpha value is -2.01. The number of ether oxygens (including phenoxy) is 1. The Balaban J connectivity index is 1.53. The number of pyridine rings is 1. The molecular formula is C19H24N4O. The fourth-order valence-electron chi connectivity index (χ4n) is 3.40. The highest BCUT2D eigenvalue weighted by Gasteiger charge is 2.37. The van der Waals surface area contributed by atoms with E-state index < -0.39 is 0 Å². The van der Waals surface area contributed by atoms with Gasteiger partial charge in [-0.3, -0.25) is 4.98 Å². The number of anilines is 1. The molecule has 24 heavy (non-hydrogen) atoms. The van der Waals surface area contributed by atoms with Crippen molar-refractivity contribution in [1.29, 1.82) is 0 Å². The van der Waals surface area contributed by atoms with Crippen molar-refractivity contribution in [3.8, 4) is 0 Å². The molecule has 2 fully saturated rings. The number of aryl methyl sites for hydroxylation is 1. The SMILES string of the molecule is Cc1ccc(N2CC[C@@H](OCC3CC3)[C@H]2Cc2ccncc2)nn1. The number of aromatic nitrogens is 3. The summed E-state index contributed by atoms with van der Waals surface area (Å²) in [7, 11) is 0. The average Bonchev–Trinajstić information content (AvgIpc) is 3.36. The molecule has 4 rings (SSSR count). The molecule has 0 N–H and O–H groups in total. The second-order valence-corrected chi connectivity index (χ2v) is 6.96. The summed E-state index contributed by atoms with van der Waals surface area (Å²) >= 11 is 0. The van der Waals surface area contributed by atoms with Crippen molar-refractivity contribution in [1.82, 2.24) is 15.2 Å². The molecule has 126 valence electrons. The molecule has 2 aliphatic rings. The van der Waals surface area contributed by atoms with Gasteiger partial charge in [0.15, 0.2) is 5.82 Å². The first-order valence-electron chi connectivity index (χ1n) is 8.87. The zero-order chi connectivity index (χ0) is 16.4. The molecule has 1 saturated carbocycles. The van der Waals surface area contributed by atoms with Crippen molar-refractivity contribution in [3.05, 3.63) is 47.9 Å². The summed E-state index contributed by atoms with van der Waals surface area (Å²) in [6.45, 7) is 3.85. The van der Waals surface area contributed by atoms with Crippen LogP contribution in [0.25, 0.3) is 0 Å². The van der Waals surface area contributed by atoms with E-state index in [4.69, 9.17) is 4.74 Å². The highest BCUT2D eigenvalue weighted by atomic mass is 16.5. The summed E-state index contributed by atoms with van der Waals surface area (Å²) in [4.78, 5) is 6.49. The molecule has 0 spiro atoms. The highest BCUT2D eigenvalue weighted by molar-refractivity contribution is 5.41. The minimum Gasteiger partial charge on any atom is -0.376 e. The van der Waals surface area contributed by atoms with Crippen LogP contribution in [0.15, 0.2) is 36.7 Å². The highest BCUT2D eigenvalue weighted by Crippen LogP contribution is 2.33. The number of rotatable bonds is 6. The quantitative estimate of drug-likeness (QED) is 0.818. The summed E-state index contributed by atoms with van der Waals surface area (Å²) in [6, 6.07) is 8.60. The first-order valence-corrected chi connectivity index (χ1v) is 8.87. The van der Waals surface area contributed by atoms with Gasteiger partial charge >= 0.3 is 0 Å². The fourth-order valence-corrected chi connectivity index (χ4v) is 3.40. The summed E-state index contributed by atoms with van der Waals surface area (Å²) in [6.07, 6.45) is 8.65. The van der Waals surface area contributed by atoms with Crippen LogP contribution < -0.4 is 4.90 Å². The van der Waals surface area contributed by atoms with Crippen molar-refractivity contribution in [2.75, 3.05) is 18.1 Å². The third kappa shape index (κ3) is 3.56. The molecule has 5 nitrogen and oxygen atoms in total. The van der Waals surface area contributed by atoms with Crippen molar-refractivity contribution < 1.29 is 4.74 Å². The molecular weight excluding hydrogens is 300 g/mol. The molecule has 1 saturated heterocycles. The minimum atomic E-state index is 0.266. The summed E-state index contributed by atoms with van der Waals surface area (Å²) in [5.74, 6) is 1.75. The molecule has 2 aromatic heterocycles. The van der Waals surface area contributed by atoms with Crippen LogP contribution in [0.4, 0.5) is 5.82 Å². The first kappa shape index (κ1) is 15.5. The van der Waals surface area contributed by atoms with Gasteiger partial charge in [-0.1, -0.05) is 0 Å². The molecule has 0 amide bonds. The Morgan fingerprint density at radius 1 is 1.08 bits per heavy atom. The topological polar surface area (TPSA) is 51.1 Å². The van der Waals surface area contributed by atoms with Crippen LogP contribution in [-0.2, 0) is 11.2 Å². The zero-order valence-electron chi connectivity index (χ0n) is 14.1. The molecule has 2 atom stereocenters. The maximum atomic E-state index is 6.28. The summed E-state index contributed by atoms with van der Waals surface area (Å²) in [5, 5.41) is 8.63. The second-order valence-electron chi connectivity index (χ2n) is 6.96. The van der Waals surface area contributed by atoms with Gasteiger partial charge in [-0.15, -0.1) is 5.10 Å². The molecule has 5 heteroatoms. The third-order valence-electron chi connectivity index (χ3n) is 5.00. The molecule has 2 aromatic rings. The van der Waals surface area contributed by atoms with Gasteiger partial charge < -0.3 is 9.64 Å². The molecule has 1 aliphatic carbocycles. The van der Waals surface area contributed by atoms with Gasteiger partial charge in [0.05, 0.1) is 17.8 Å². The van der Waals surface area contributed by atoms with E-state index in [0.717, 1.165) is 43.4 Å². The monoisotopic (exact) mass is 324 g/mol. The number of hydrogen-bond acceptors (Lipinski definition) is 5. The van der Waals surface area contributed by atoms with E-state index in [2.05, 4.69) is 38.3 Å². The van der Waals surface area contributed by atoms with Crippen molar-refractivity contribution in [2.45, 2.75) is 44.8 Å². The van der Waals surface area contributed by atoms with E-state index in [1.165, 1.54) is 18.4 Å². The molecule has 0 unspecified atom stereocenters. The van der Waals surface area contributed by atoms with E-state index in [1.54, 1.807) is 0 Å². The van der Waals surface area contributed by atoms with Gasteiger partial charge in [-0.2, -0.15) is 5.10 Å². The Bertz CT molecular complexity index is 657. The number of nitrogens with zero attached hydrogens (tertiary/aromatic N) is 4. The fraction of sp³-hybridized carbons (Fsp3) is 0.526. The van der Waals surface area contributed by atoms with Crippen LogP contribution in [0.3, 0.4) is 0 Å². The van der Waals surface area contributed by atoms with Gasteiger partial charge in [0, 0.05) is 25.5 Å². The van der Waals surface area contributed by atoms with Crippen molar-refractivity contribution in [2.24, 2.45) is 5.92 Å². The Morgan fingerprint density at radius 2 is 1.92 bits per heavy atom. The molecule has 0 bridgehead atoms. The van der Waals surface area contributed by atoms with E-state index in [-0.39, 0.29) is 6.10 Å². The Kier molecular flexibility index (Phi) is 4.43. The van der Waals surface area contributed by atoms with E-state index in [9.17, 15) is 0 Å². The van der Waals surface area contributed by atoms with Gasteiger partial charge in [0.25, 0.3) is 0 Å². The lowest BCUT2D eigenvalue weighted by Crippen LogP contribution is -2.39. The normalized spacial score (nSPS) is 23.6. The van der Waals surface area contributed by atoms with Gasteiger partial charge in [-0.25, -0.2) is 0 Å². The zero-order valence-corrected chi connectivity index (χ0v) is 14.1. The molecule has 1 aliphatic heterocycles. The molecule has 3 heterocycles. The van der Waals surface area contributed by atoms with Gasteiger partial charge in [0.2, 0.25) is 0 Å². The van der Waals surface area contributed by atoms with Crippen molar-refractivity contribution in [3.63, 3.8) is 0 Å². The molecule has 0 aromatic carbocycles. The minimum absolute atomic E-state index is 0.266. The predicted molar refractivity (Wildman–Crippen MR) is 92.9 cm³/mol. The lowest BCUT2D eigenvalue weighted by molar-refractivity contribution is 0.0407. The number of hydrogen-bond donors (Lipinski definition) is 0. The predicted octanol–water partition coefficient (Wildman–Crippen LogP) is 2.80. The maximum absolute atomic E-state index is 6.28. The standard InChI is InChI=1S/C19H24N4O/c1-14-2-5-19(22-21-14)23-11-8-18(24-13-16-3-4-16)17(23)12-15-6-9-20-10-7-15/h2,5-7,9-10,16-18H,3-4,8,11-13H2,1H3/t17-,18-/m1/s1. The van der Waals surface area contributed by atoms with E-state index in [1.807, 2.05) is 25.4 Å². The third-order valence-corrected chi connectivity index (χ3v) is 5.00. The van der Waals surface area contributed by atoms with Crippen LogP contribution in [0, 0.1) is 12.8 Å². The average molecular weight is 324 g/mol. The van der Waals surface area contributed by atoms with Gasteiger partial charge in [-0.05, 0) is 68.4 Å². The van der Waals surface area contributed by atoms with Crippen molar-refractivity contribution >= 4 is 5.82 Å². The van der Waals surface area contributed by atoms with Crippen LogP contribution >= 0.6 is 0 Å². The van der Waals surface area contributed by atoms with Crippen LogP contribution in [0.1, 0.15) is 30.5 Å². The largest absolute Gasteiger partial charge is 0.376 e. The Labute approximate surface area is 143 Å². The summed E-state index contributed by atoms with van der Waals surface area (Å²) in [5.41, 5.74) is 2.24. The molecule has 0 radical (unpaired) electrons. The van der Waals surface area contributed by atoms with Crippen LogP contribution in [0.2, 0.25) is 0 Å². The second kappa shape index (κ2) is 6.85. The van der Waals surface area contributed by atoms with Gasteiger partial charge in [0.1, 0.15) is 0 Å². The van der Waals surface area contributed by atoms with Crippen LogP contribution in [-0.4, -0.2) is 40.5 Å². The Morgan fingerprint density at radius 3 is 2.62 bits per heavy atom. The maximum Gasteiger partial charge on any atom is 0.151 e.